The topological polar surface area (TPSA) is 0 Å². The van der Waals surface area contributed by atoms with Gasteiger partial charge in [0, 0.05) is 0 Å². The van der Waals surface area contributed by atoms with Gasteiger partial charge in [0.05, 0.1) is 0 Å². The minimum atomic E-state index is 0.153. The van der Waals surface area contributed by atoms with E-state index in [4.69, 9.17) is 1.37 Å². The van der Waals surface area contributed by atoms with Gasteiger partial charge < -0.3 is 0 Å². The Bertz CT molecular complexity index is 7120. The first-order chi connectivity index (χ1) is 52.1. The quantitative estimate of drug-likeness (QED) is 0.110. The number of hydrogen-bond donors (Lipinski definition) is 0. The summed E-state index contributed by atoms with van der Waals surface area (Å²) < 4.78 is 14.8. The third kappa shape index (κ3) is 9.72. The van der Waals surface area contributed by atoms with E-state index in [-0.39, 0.29) is 29.0 Å². The van der Waals surface area contributed by atoms with Crippen LogP contribution in [0.2, 0.25) is 0 Å². The fourth-order valence-corrected chi connectivity index (χ4v) is 22.3. The van der Waals surface area contributed by atoms with E-state index in [0.717, 1.165) is 21.5 Å². The first-order valence-corrected chi connectivity index (χ1v) is 39.2. The molecule has 0 fully saturated rings. The third-order valence-electron chi connectivity index (χ3n) is 21.7. The second kappa shape index (κ2) is 24.8. The molecule has 2 heterocycles. The monoisotopic (exact) mass is 1450 g/mol. The first kappa shape index (κ1) is 59.5. The molecule has 0 nitrogen and oxygen atoms in total. The van der Waals surface area contributed by atoms with Gasteiger partial charge in [-0.25, -0.2) is 0 Å². The average molecular weight is 1450 g/mol. The summed E-state index contributed by atoms with van der Waals surface area (Å²) in [5.41, 5.74) is 18.0. The van der Waals surface area contributed by atoms with Crippen molar-refractivity contribution in [2.75, 3.05) is 0 Å². The van der Waals surface area contributed by atoms with Crippen LogP contribution in [0.3, 0.4) is 0 Å². The van der Waals surface area contributed by atoms with Gasteiger partial charge >= 0.3 is 620 Å². The SMILES string of the molecule is [2H]c1c2ccccc2c(-c2ccc3[se]c4c(-c5c6ccccc6c(-c6ccccc6)c6ccccc56)cccc4c3c2)c2ccccc12.c1ccc(-c2c3ccccc3c(-c3ccc4[se]c5c(-c6c7ccccc7c(-c7ccc8ccccc8c7)c7ccccc67)cccc5c4c3)c3ccccc23)cc1. The fourth-order valence-electron chi connectivity index (χ4n) is 17.3. The standard InChI is InChI=1S/C56H34Se.C46H28Se/c1-2-16-36(17-3-1)52-40-19-6-8-21-42(40)54(43-22-9-7-20-41(43)52)39-31-32-51-50(34-39)48-27-14-28-49(56(48)57-51)55-46-25-12-10-23-44(46)53(45-24-11-13-26-47(45)55)38-30-29-35-15-4-5-18-37(35)33-38;1-2-13-29(14-3-1)43-35-19-8-10-21-37(35)45(38-22-11-9-20-36(38)43)40-24-12-23-39-41-28-32(25-26-42(41)47-46(39)40)44-33-17-6-4-15-30(33)27-31-16-5-7-18-34(31)44/h1-34H;1-28H/i;27D. The zero-order chi connectivity index (χ0) is 69.2. The van der Waals surface area contributed by atoms with Crippen molar-refractivity contribution in [3.8, 4) is 77.9 Å². The van der Waals surface area contributed by atoms with E-state index < -0.39 is 0 Å². The molecule has 104 heavy (non-hydrogen) atoms. The maximum atomic E-state index is 9.00. The summed E-state index contributed by atoms with van der Waals surface area (Å²) in [6.07, 6.45) is 0. The van der Waals surface area contributed by atoms with Gasteiger partial charge in [0.1, 0.15) is 0 Å². The molecule has 22 rings (SSSR count). The third-order valence-corrected chi connectivity index (χ3v) is 26.8. The molecule has 20 aromatic carbocycles. The molecule has 2 aromatic heterocycles. The molecule has 2 heteroatoms. The molecule has 0 spiro atoms. The van der Waals surface area contributed by atoms with Crippen molar-refractivity contribution in [1.29, 1.82) is 0 Å². The minimum absolute atomic E-state index is 0.153. The Morgan fingerprint density at radius 1 is 0.163 bits per heavy atom. The second-order valence-corrected chi connectivity index (χ2v) is 31.8. The normalized spacial score (nSPS) is 12.0. The molecule has 0 aliphatic carbocycles. The Balaban J connectivity index is 0.000000137. The van der Waals surface area contributed by atoms with Gasteiger partial charge in [-0.1, -0.05) is 0 Å². The van der Waals surface area contributed by atoms with E-state index in [9.17, 15) is 0 Å². The van der Waals surface area contributed by atoms with E-state index in [1.807, 2.05) is 12.1 Å². The average Bonchev–Trinajstić information content (AvgIpc) is 1.57. The molecule has 0 saturated heterocycles. The summed E-state index contributed by atoms with van der Waals surface area (Å²) in [4.78, 5) is 0. The Morgan fingerprint density at radius 3 is 0.808 bits per heavy atom. The summed E-state index contributed by atoms with van der Waals surface area (Å²) in [5, 5.41) is 27.7. The molecule has 0 N–H and O–H groups in total. The zero-order valence-corrected chi connectivity index (χ0v) is 60.0. The molecule has 0 bridgehead atoms. The van der Waals surface area contributed by atoms with Crippen molar-refractivity contribution in [1.82, 2.24) is 0 Å². The van der Waals surface area contributed by atoms with E-state index in [0.29, 0.717) is 6.04 Å². The van der Waals surface area contributed by atoms with E-state index >= 15 is 0 Å². The van der Waals surface area contributed by atoms with Crippen LogP contribution < -0.4 is 0 Å². The number of benzene rings is 20. The Hall–Kier alpha value is -12.2. The van der Waals surface area contributed by atoms with E-state index in [2.05, 4.69) is 358 Å². The molecule has 0 atom stereocenters. The summed E-state index contributed by atoms with van der Waals surface area (Å²) >= 11 is 0.315. The van der Waals surface area contributed by atoms with Crippen molar-refractivity contribution in [2.45, 2.75) is 0 Å². The van der Waals surface area contributed by atoms with E-state index in [1.54, 1.807) is 0 Å². The summed E-state index contributed by atoms with van der Waals surface area (Å²) in [6.45, 7) is 0. The van der Waals surface area contributed by atoms with Gasteiger partial charge in [-0.3, -0.25) is 0 Å². The summed E-state index contributed by atoms with van der Waals surface area (Å²) in [5.74, 6) is 0. The zero-order valence-electron chi connectivity index (χ0n) is 57.5. The van der Waals surface area contributed by atoms with E-state index in [1.165, 1.54) is 192 Å². The van der Waals surface area contributed by atoms with Crippen molar-refractivity contribution in [3.05, 3.63) is 376 Å². The second-order valence-electron chi connectivity index (χ2n) is 27.4. The van der Waals surface area contributed by atoms with Crippen LogP contribution in [0.5, 0.6) is 0 Å². The molecule has 0 amide bonds. The van der Waals surface area contributed by atoms with Gasteiger partial charge in [0.25, 0.3) is 0 Å². The molecule has 482 valence electrons. The Labute approximate surface area is 615 Å². The predicted octanol–water partition coefficient (Wildman–Crippen LogP) is 28.1. The van der Waals surface area contributed by atoms with Crippen molar-refractivity contribution >= 4 is 165 Å². The van der Waals surface area contributed by atoms with Gasteiger partial charge in [-0.2, -0.15) is 0 Å². The van der Waals surface area contributed by atoms with Crippen LogP contribution in [-0.2, 0) is 0 Å². The summed E-state index contributed by atoms with van der Waals surface area (Å²) in [7, 11) is 0. The molecule has 22 aromatic rings. The van der Waals surface area contributed by atoms with Crippen LogP contribution in [0.25, 0.3) is 213 Å². The van der Waals surface area contributed by atoms with Crippen LogP contribution in [0.4, 0.5) is 0 Å². The van der Waals surface area contributed by atoms with Crippen LogP contribution in [0.1, 0.15) is 1.37 Å². The van der Waals surface area contributed by atoms with Crippen LogP contribution in [-0.4, -0.2) is 29.0 Å². The molecule has 0 aliphatic rings. The van der Waals surface area contributed by atoms with Crippen LogP contribution in [0.15, 0.2) is 376 Å². The molecule has 0 unspecified atom stereocenters. The number of fused-ring (bicyclic) bond motifs is 15. The summed E-state index contributed by atoms with van der Waals surface area (Å²) in [6, 6.07) is 137. The molecular weight excluding hydrogens is 1380 g/mol. The molecular formula is C102H62Se2. The molecule has 0 radical (unpaired) electrons. The van der Waals surface area contributed by atoms with Crippen molar-refractivity contribution < 1.29 is 1.37 Å². The predicted molar refractivity (Wildman–Crippen MR) is 452 cm³/mol. The van der Waals surface area contributed by atoms with Gasteiger partial charge in [-0.05, 0) is 0 Å². The fraction of sp³-hybridized carbons (Fsp3) is 0. The van der Waals surface area contributed by atoms with Gasteiger partial charge in [0.15, 0.2) is 0 Å². The maximum absolute atomic E-state index is 9.00. The first-order valence-electron chi connectivity index (χ1n) is 36.3. The van der Waals surface area contributed by atoms with Crippen molar-refractivity contribution in [3.63, 3.8) is 0 Å². The molecule has 0 aliphatic heterocycles. The number of rotatable bonds is 7. The molecule has 0 saturated carbocycles. The number of hydrogen-bond acceptors (Lipinski definition) is 0. The Morgan fingerprint density at radius 2 is 0.433 bits per heavy atom. The van der Waals surface area contributed by atoms with Crippen LogP contribution in [0, 0.1) is 0 Å². The Kier molecular flexibility index (Phi) is 14.2. The van der Waals surface area contributed by atoms with Crippen LogP contribution >= 0.6 is 0 Å². The van der Waals surface area contributed by atoms with Crippen molar-refractivity contribution in [2.24, 2.45) is 0 Å². The van der Waals surface area contributed by atoms with Gasteiger partial charge in [-0.15, -0.1) is 0 Å². The van der Waals surface area contributed by atoms with Gasteiger partial charge in [0.2, 0.25) is 0 Å².